The Bertz CT molecular complexity index is 2200. The van der Waals surface area contributed by atoms with Crippen LogP contribution < -0.4 is 4.90 Å². The molecule has 1 heterocycles. The highest BCUT2D eigenvalue weighted by Crippen LogP contribution is 2.64. The van der Waals surface area contributed by atoms with Crippen LogP contribution in [0.1, 0.15) is 74.3 Å². The first-order valence-corrected chi connectivity index (χ1v) is 17.9. The van der Waals surface area contributed by atoms with E-state index in [0.717, 1.165) is 5.92 Å². The van der Waals surface area contributed by atoms with E-state index in [1.165, 1.54) is 98.3 Å². The van der Waals surface area contributed by atoms with E-state index in [0.29, 0.717) is 0 Å². The van der Waals surface area contributed by atoms with Gasteiger partial charge >= 0.3 is 0 Å². The number of rotatable bonds is 3. The Kier molecular flexibility index (Phi) is 5.77. The number of para-hydroxylation sites is 1. The smallest absolute Gasteiger partial charge is 0.0725 e. The van der Waals surface area contributed by atoms with Gasteiger partial charge in [0.2, 0.25) is 0 Å². The van der Waals surface area contributed by atoms with Crippen LogP contribution in [0.5, 0.6) is 0 Å². The minimum absolute atomic E-state index is 0.0296. The lowest BCUT2D eigenvalue weighted by molar-refractivity contribution is 0.143. The van der Waals surface area contributed by atoms with E-state index >= 15 is 0 Å². The molecule has 234 valence electrons. The van der Waals surface area contributed by atoms with Crippen LogP contribution in [0.25, 0.3) is 33.4 Å². The van der Waals surface area contributed by atoms with Crippen LogP contribution in [0, 0.1) is 5.92 Å². The summed E-state index contributed by atoms with van der Waals surface area (Å²) in [5, 5.41) is 0. The molecule has 3 aliphatic carbocycles. The van der Waals surface area contributed by atoms with Crippen LogP contribution in [0.4, 0.5) is 11.4 Å². The summed E-state index contributed by atoms with van der Waals surface area (Å²) in [4.78, 5) is 2.69. The fourth-order valence-electron chi connectivity index (χ4n) is 10.7. The van der Waals surface area contributed by atoms with Crippen molar-refractivity contribution in [1.82, 2.24) is 0 Å². The molecule has 0 saturated heterocycles. The molecule has 1 saturated carbocycles. The van der Waals surface area contributed by atoms with Crippen molar-refractivity contribution in [2.24, 2.45) is 5.92 Å². The van der Waals surface area contributed by atoms with Gasteiger partial charge in [-0.1, -0.05) is 129 Å². The molecule has 0 radical (unpaired) electrons. The summed E-state index contributed by atoms with van der Waals surface area (Å²) in [6.07, 6.45) is 4.99. The number of hydrogen-bond donors (Lipinski definition) is 0. The Balaban J connectivity index is 1.19. The molecule has 1 fully saturated rings. The van der Waals surface area contributed by atoms with Crippen LogP contribution in [0.2, 0.25) is 0 Å². The van der Waals surface area contributed by atoms with Gasteiger partial charge in [-0.3, -0.25) is 0 Å². The fourth-order valence-corrected chi connectivity index (χ4v) is 10.7. The molecule has 3 unspecified atom stereocenters. The summed E-state index contributed by atoms with van der Waals surface area (Å²) >= 11 is 0. The number of hydrogen-bond acceptors (Lipinski definition) is 1. The van der Waals surface area contributed by atoms with E-state index in [2.05, 4.69) is 165 Å². The Labute approximate surface area is 284 Å². The molecule has 1 nitrogen and oxygen atoms in total. The van der Waals surface area contributed by atoms with Gasteiger partial charge in [-0.2, -0.15) is 0 Å². The highest BCUT2D eigenvalue weighted by atomic mass is 15.3. The van der Waals surface area contributed by atoms with Crippen molar-refractivity contribution < 1.29 is 0 Å². The third-order valence-corrected chi connectivity index (χ3v) is 13.2. The van der Waals surface area contributed by atoms with E-state index in [1.807, 2.05) is 0 Å². The van der Waals surface area contributed by atoms with Gasteiger partial charge < -0.3 is 4.90 Å². The summed E-state index contributed by atoms with van der Waals surface area (Å²) in [7, 11) is 0. The number of benzene rings is 6. The molecule has 6 aromatic rings. The van der Waals surface area contributed by atoms with Crippen molar-refractivity contribution in [3.8, 4) is 33.4 Å². The summed E-state index contributed by atoms with van der Waals surface area (Å²) in [6.45, 7) is 7.49. The summed E-state index contributed by atoms with van der Waals surface area (Å²) in [6, 6.07) is 53.2. The molecular formula is C47H41N. The van der Waals surface area contributed by atoms with Crippen LogP contribution in [-0.4, -0.2) is 5.54 Å². The van der Waals surface area contributed by atoms with Gasteiger partial charge in [-0.25, -0.2) is 0 Å². The highest BCUT2D eigenvalue weighted by molar-refractivity contribution is 5.96. The van der Waals surface area contributed by atoms with Crippen LogP contribution in [0.15, 0.2) is 140 Å². The molecule has 1 heteroatoms. The second kappa shape index (κ2) is 9.83. The quantitative estimate of drug-likeness (QED) is 0.190. The van der Waals surface area contributed by atoms with E-state index in [4.69, 9.17) is 0 Å². The van der Waals surface area contributed by atoms with E-state index in [1.54, 1.807) is 0 Å². The zero-order valence-electron chi connectivity index (χ0n) is 28.1. The normalized spacial score (nSPS) is 23.6. The summed E-state index contributed by atoms with van der Waals surface area (Å²) in [5.41, 5.74) is 17.6. The van der Waals surface area contributed by atoms with Crippen molar-refractivity contribution in [2.45, 2.75) is 62.8 Å². The predicted molar refractivity (Wildman–Crippen MR) is 200 cm³/mol. The first-order valence-electron chi connectivity index (χ1n) is 17.9. The minimum atomic E-state index is -0.321. The Morgan fingerprint density at radius 1 is 0.562 bits per heavy atom. The van der Waals surface area contributed by atoms with Crippen molar-refractivity contribution in [3.05, 3.63) is 167 Å². The number of fused-ring (bicyclic) bond motifs is 13. The molecule has 0 amide bonds. The lowest BCUT2D eigenvalue weighted by Gasteiger charge is -2.52. The molecular weight excluding hydrogens is 579 g/mol. The summed E-state index contributed by atoms with van der Waals surface area (Å²) in [5.74, 6) is 0.760. The van der Waals surface area contributed by atoms with Crippen molar-refractivity contribution in [3.63, 3.8) is 0 Å². The third-order valence-electron chi connectivity index (χ3n) is 13.2. The third kappa shape index (κ3) is 3.37. The Morgan fingerprint density at radius 3 is 1.69 bits per heavy atom. The lowest BCUT2D eigenvalue weighted by Crippen LogP contribution is -2.56. The molecule has 10 rings (SSSR count). The van der Waals surface area contributed by atoms with E-state index in [9.17, 15) is 0 Å². The van der Waals surface area contributed by atoms with Gasteiger partial charge in [0.05, 0.1) is 11.0 Å². The minimum Gasteiger partial charge on any atom is -0.334 e. The van der Waals surface area contributed by atoms with Crippen molar-refractivity contribution in [2.75, 3.05) is 4.90 Å². The van der Waals surface area contributed by atoms with Crippen LogP contribution in [0.3, 0.4) is 0 Å². The largest absolute Gasteiger partial charge is 0.334 e. The average Bonchev–Trinajstić information content (AvgIpc) is 3.68. The van der Waals surface area contributed by atoms with Gasteiger partial charge in [0, 0.05) is 16.8 Å². The first-order chi connectivity index (χ1) is 23.5. The standard InChI is InChI=1S/C47H41N/c1-4-31-26-27-46(3)45(2,30-31)43-29-33(23-25-44(43)48(46)34-14-6-5-7-15-34)32-22-24-38-37-18-10-13-21-41(37)47(42(38)28-32)39-19-11-8-16-35(39)36-17-9-12-20-40(36)47/h5-25,28-29,31H,4,26-27,30H2,1-3H3. The molecule has 48 heavy (non-hydrogen) atoms. The average molecular weight is 620 g/mol. The topological polar surface area (TPSA) is 3.24 Å². The molecule has 3 atom stereocenters. The molecule has 1 aliphatic heterocycles. The number of anilines is 2. The Morgan fingerprint density at radius 2 is 1.08 bits per heavy atom. The van der Waals surface area contributed by atoms with Gasteiger partial charge in [-0.05, 0) is 124 Å². The second-order valence-corrected chi connectivity index (χ2v) is 15.2. The summed E-state index contributed by atoms with van der Waals surface area (Å²) < 4.78 is 0. The monoisotopic (exact) mass is 619 g/mol. The molecule has 0 N–H and O–H groups in total. The SMILES string of the molecule is CCC1CCC2(C)N(c3ccccc3)c3ccc(-c4ccc5c(c4)C4(c6ccccc6-c6ccccc64)c4ccccc4-5)cc3C2(C)C1. The van der Waals surface area contributed by atoms with E-state index in [-0.39, 0.29) is 16.4 Å². The zero-order chi connectivity index (χ0) is 32.3. The van der Waals surface area contributed by atoms with Gasteiger partial charge in [0.1, 0.15) is 0 Å². The second-order valence-electron chi connectivity index (χ2n) is 15.2. The van der Waals surface area contributed by atoms with Gasteiger partial charge in [0.15, 0.2) is 0 Å². The van der Waals surface area contributed by atoms with Crippen LogP contribution in [-0.2, 0) is 10.8 Å². The maximum absolute atomic E-state index is 2.69. The zero-order valence-corrected chi connectivity index (χ0v) is 28.1. The number of nitrogens with zero attached hydrogens (tertiary/aromatic N) is 1. The van der Waals surface area contributed by atoms with Crippen LogP contribution >= 0.6 is 0 Å². The van der Waals surface area contributed by atoms with E-state index < -0.39 is 0 Å². The molecule has 0 aromatic heterocycles. The van der Waals surface area contributed by atoms with Gasteiger partial charge in [-0.15, -0.1) is 0 Å². The first kappa shape index (κ1) is 28.2. The molecule has 0 bridgehead atoms. The van der Waals surface area contributed by atoms with Gasteiger partial charge in [0.25, 0.3) is 0 Å². The Hall–Kier alpha value is -4.88. The van der Waals surface area contributed by atoms with Crippen molar-refractivity contribution >= 4 is 11.4 Å². The maximum atomic E-state index is 2.69. The highest BCUT2D eigenvalue weighted by Gasteiger charge is 2.59. The maximum Gasteiger partial charge on any atom is 0.0725 e. The molecule has 1 spiro atoms. The lowest BCUT2D eigenvalue weighted by atomic mass is 9.58. The molecule has 4 aliphatic rings. The van der Waals surface area contributed by atoms with Crippen molar-refractivity contribution in [1.29, 1.82) is 0 Å². The predicted octanol–water partition coefficient (Wildman–Crippen LogP) is 12.1. The molecule has 6 aromatic carbocycles. The fraction of sp³-hybridized carbons (Fsp3) is 0.234.